The Hall–Kier alpha value is -2.05. The van der Waals surface area contributed by atoms with E-state index in [0.717, 1.165) is 0 Å². The van der Waals surface area contributed by atoms with Crippen molar-refractivity contribution in [2.75, 3.05) is 7.11 Å². The molecule has 2 aromatic carbocycles. The Balaban J connectivity index is 2.19. The first kappa shape index (κ1) is 14.4. The van der Waals surface area contributed by atoms with E-state index in [-0.39, 0.29) is 6.61 Å². The van der Waals surface area contributed by atoms with E-state index in [0.29, 0.717) is 22.5 Å². The number of benzene rings is 2. The molecule has 2 N–H and O–H groups in total. The minimum atomic E-state index is -1.60. The van der Waals surface area contributed by atoms with Crippen LogP contribution in [0.15, 0.2) is 42.5 Å². The highest BCUT2D eigenvalue weighted by Crippen LogP contribution is 2.16. The predicted molar refractivity (Wildman–Crippen MR) is 73.6 cm³/mol. The lowest BCUT2D eigenvalue weighted by molar-refractivity contribution is 0.303. The van der Waals surface area contributed by atoms with Crippen LogP contribution in [-0.4, -0.2) is 24.3 Å². The molecule has 6 heteroatoms. The maximum absolute atomic E-state index is 13.0. The molecule has 0 saturated carbocycles. The van der Waals surface area contributed by atoms with Crippen LogP contribution in [0.25, 0.3) is 0 Å². The zero-order chi connectivity index (χ0) is 14.5. The van der Waals surface area contributed by atoms with Gasteiger partial charge in [0, 0.05) is 6.07 Å². The second-order valence-electron chi connectivity index (χ2n) is 4.18. The lowest BCUT2D eigenvalue weighted by Gasteiger charge is -2.12. The van der Waals surface area contributed by atoms with Gasteiger partial charge in [-0.1, -0.05) is 12.1 Å². The number of halogens is 1. The fourth-order valence-corrected chi connectivity index (χ4v) is 1.80. The SMILES string of the molecule is COc1ccc(B(O)O)c(COc2cccc(F)c2)c1. The van der Waals surface area contributed by atoms with Gasteiger partial charge >= 0.3 is 7.12 Å². The van der Waals surface area contributed by atoms with Crippen molar-refractivity contribution in [2.24, 2.45) is 0 Å². The molecule has 0 aromatic heterocycles. The molecule has 0 radical (unpaired) electrons. The Kier molecular flexibility index (Phi) is 4.60. The molecule has 0 aliphatic rings. The van der Waals surface area contributed by atoms with Crippen molar-refractivity contribution in [2.45, 2.75) is 6.61 Å². The topological polar surface area (TPSA) is 58.9 Å². The van der Waals surface area contributed by atoms with E-state index >= 15 is 0 Å². The molecule has 0 unspecified atom stereocenters. The molecule has 0 atom stereocenters. The lowest BCUT2D eigenvalue weighted by Crippen LogP contribution is -2.33. The molecule has 0 spiro atoms. The van der Waals surface area contributed by atoms with Crippen LogP contribution in [0.5, 0.6) is 11.5 Å². The Morgan fingerprint density at radius 2 is 1.90 bits per heavy atom. The van der Waals surface area contributed by atoms with E-state index in [4.69, 9.17) is 9.47 Å². The highest BCUT2D eigenvalue weighted by molar-refractivity contribution is 6.59. The Labute approximate surface area is 116 Å². The zero-order valence-corrected chi connectivity index (χ0v) is 10.9. The van der Waals surface area contributed by atoms with E-state index in [1.165, 1.54) is 25.3 Å². The predicted octanol–water partition coefficient (Wildman–Crippen LogP) is 1.09. The van der Waals surface area contributed by atoms with Gasteiger partial charge < -0.3 is 19.5 Å². The average Bonchev–Trinajstić information content (AvgIpc) is 2.44. The third-order valence-electron chi connectivity index (χ3n) is 2.82. The minimum absolute atomic E-state index is 0.0770. The van der Waals surface area contributed by atoms with Gasteiger partial charge in [-0.05, 0) is 35.3 Å². The maximum atomic E-state index is 13.0. The molecule has 0 heterocycles. The van der Waals surface area contributed by atoms with Crippen LogP contribution in [-0.2, 0) is 6.61 Å². The van der Waals surface area contributed by atoms with Gasteiger partial charge in [0.2, 0.25) is 0 Å². The van der Waals surface area contributed by atoms with Crippen molar-refractivity contribution in [3.63, 3.8) is 0 Å². The highest BCUT2D eigenvalue weighted by Gasteiger charge is 2.17. The second kappa shape index (κ2) is 6.41. The monoisotopic (exact) mass is 276 g/mol. The summed E-state index contributed by atoms with van der Waals surface area (Å²) in [7, 11) is -0.0891. The van der Waals surface area contributed by atoms with Gasteiger partial charge in [0.15, 0.2) is 0 Å². The summed E-state index contributed by atoms with van der Waals surface area (Å²) in [5.74, 6) is 0.550. The summed E-state index contributed by atoms with van der Waals surface area (Å²) >= 11 is 0. The summed E-state index contributed by atoms with van der Waals surface area (Å²) in [5.41, 5.74) is 0.880. The maximum Gasteiger partial charge on any atom is 0.488 e. The van der Waals surface area contributed by atoms with Gasteiger partial charge in [-0.2, -0.15) is 0 Å². The van der Waals surface area contributed by atoms with Crippen molar-refractivity contribution < 1.29 is 23.9 Å². The number of hydrogen-bond acceptors (Lipinski definition) is 4. The first-order valence-corrected chi connectivity index (χ1v) is 6.01. The largest absolute Gasteiger partial charge is 0.497 e. The normalized spacial score (nSPS) is 10.2. The summed E-state index contributed by atoms with van der Waals surface area (Å²) in [5, 5.41) is 18.6. The van der Waals surface area contributed by atoms with Gasteiger partial charge in [-0.3, -0.25) is 0 Å². The van der Waals surface area contributed by atoms with Crippen LogP contribution < -0.4 is 14.9 Å². The molecular formula is C14H14BFO4. The van der Waals surface area contributed by atoms with E-state index in [1.54, 1.807) is 24.3 Å². The molecular weight excluding hydrogens is 262 g/mol. The van der Waals surface area contributed by atoms with Crippen molar-refractivity contribution in [3.05, 3.63) is 53.8 Å². The first-order chi connectivity index (χ1) is 9.60. The summed E-state index contributed by atoms with van der Waals surface area (Å²) < 4.78 is 23.6. The van der Waals surface area contributed by atoms with E-state index in [9.17, 15) is 14.4 Å². The van der Waals surface area contributed by atoms with Crippen molar-refractivity contribution in [1.82, 2.24) is 0 Å². The van der Waals surface area contributed by atoms with Gasteiger partial charge in [-0.15, -0.1) is 0 Å². The van der Waals surface area contributed by atoms with Crippen molar-refractivity contribution in [3.8, 4) is 11.5 Å². The van der Waals surface area contributed by atoms with Crippen molar-refractivity contribution in [1.29, 1.82) is 0 Å². The van der Waals surface area contributed by atoms with E-state index in [2.05, 4.69) is 0 Å². The molecule has 2 rings (SSSR count). The van der Waals surface area contributed by atoms with Gasteiger partial charge in [0.05, 0.1) is 7.11 Å². The van der Waals surface area contributed by atoms with Crippen molar-refractivity contribution >= 4 is 12.6 Å². The average molecular weight is 276 g/mol. The fourth-order valence-electron chi connectivity index (χ4n) is 1.80. The lowest BCUT2D eigenvalue weighted by atomic mass is 9.77. The molecule has 0 aliphatic heterocycles. The van der Waals surface area contributed by atoms with Crippen LogP contribution in [0.4, 0.5) is 4.39 Å². The third-order valence-corrected chi connectivity index (χ3v) is 2.82. The number of rotatable bonds is 5. The number of ether oxygens (including phenoxy) is 2. The number of methoxy groups -OCH3 is 1. The van der Waals surface area contributed by atoms with E-state index in [1.807, 2.05) is 0 Å². The smallest absolute Gasteiger partial charge is 0.488 e. The van der Waals surface area contributed by atoms with Crippen LogP contribution in [0.2, 0.25) is 0 Å². The molecule has 0 fully saturated rings. The Bertz CT molecular complexity index is 589. The molecule has 20 heavy (non-hydrogen) atoms. The second-order valence-corrected chi connectivity index (χ2v) is 4.18. The number of hydrogen-bond donors (Lipinski definition) is 2. The summed E-state index contributed by atoms with van der Waals surface area (Å²) in [6.45, 7) is 0.0770. The van der Waals surface area contributed by atoms with E-state index < -0.39 is 12.9 Å². The Morgan fingerprint density at radius 1 is 1.10 bits per heavy atom. The minimum Gasteiger partial charge on any atom is -0.497 e. The molecule has 0 saturated heterocycles. The van der Waals surface area contributed by atoms with Crippen LogP contribution in [0.1, 0.15) is 5.56 Å². The van der Waals surface area contributed by atoms with Gasteiger partial charge in [0.1, 0.15) is 23.9 Å². The standard InChI is InChI=1S/C14H14BFO4/c1-19-12-5-6-14(15(17)18)10(7-12)9-20-13-4-2-3-11(16)8-13/h2-8,17-18H,9H2,1H3. The zero-order valence-electron chi connectivity index (χ0n) is 10.9. The van der Waals surface area contributed by atoms with Gasteiger partial charge in [-0.25, -0.2) is 4.39 Å². The summed E-state index contributed by atoms with van der Waals surface area (Å²) in [6, 6.07) is 10.6. The van der Waals surface area contributed by atoms with Gasteiger partial charge in [0.25, 0.3) is 0 Å². The fraction of sp³-hybridized carbons (Fsp3) is 0.143. The Morgan fingerprint density at radius 3 is 2.55 bits per heavy atom. The summed E-state index contributed by atoms with van der Waals surface area (Å²) in [6.07, 6.45) is 0. The molecule has 0 bridgehead atoms. The van der Waals surface area contributed by atoms with Crippen LogP contribution in [0.3, 0.4) is 0 Å². The molecule has 0 amide bonds. The first-order valence-electron chi connectivity index (χ1n) is 6.01. The molecule has 0 aliphatic carbocycles. The highest BCUT2D eigenvalue weighted by atomic mass is 19.1. The third kappa shape index (κ3) is 3.49. The molecule has 104 valence electrons. The van der Waals surface area contributed by atoms with Crippen LogP contribution >= 0.6 is 0 Å². The van der Waals surface area contributed by atoms with Crippen LogP contribution in [0, 0.1) is 5.82 Å². The molecule has 2 aromatic rings. The quantitative estimate of drug-likeness (QED) is 0.803. The summed E-state index contributed by atoms with van der Waals surface area (Å²) in [4.78, 5) is 0. The molecule has 4 nitrogen and oxygen atoms in total.